The van der Waals surface area contributed by atoms with Crippen molar-refractivity contribution in [2.24, 2.45) is 0 Å². The van der Waals surface area contributed by atoms with E-state index in [1.54, 1.807) is 12.1 Å². The molecule has 2 aromatic rings. The zero-order valence-electron chi connectivity index (χ0n) is 11.4. The molecule has 2 rings (SSSR count). The minimum atomic E-state index is -0.532. The molecule has 106 valence electrons. The normalized spacial score (nSPS) is 10.2. The van der Waals surface area contributed by atoms with Crippen molar-refractivity contribution in [3.05, 3.63) is 42.2 Å². The quantitative estimate of drug-likeness (QED) is 0.848. The molecule has 2 N–H and O–H groups in total. The number of benzene rings is 2. The molecule has 0 heterocycles. The number of rotatable bonds is 5. The van der Waals surface area contributed by atoms with Crippen LogP contribution in [0.15, 0.2) is 36.4 Å². The number of nitrogens with two attached hydrogens (primary N) is 1. The number of ether oxygens (including phenoxy) is 3. The first-order chi connectivity index (χ1) is 9.65. The van der Waals surface area contributed by atoms with Crippen LogP contribution in [0.2, 0.25) is 0 Å². The molecule has 0 saturated heterocycles. The molecule has 0 bridgehead atoms. The van der Waals surface area contributed by atoms with Crippen LogP contribution < -0.4 is 19.9 Å². The van der Waals surface area contributed by atoms with Crippen LogP contribution in [0.4, 0.5) is 10.1 Å². The Morgan fingerprint density at radius 1 is 1.05 bits per heavy atom. The van der Waals surface area contributed by atoms with Crippen molar-refractivity contribution in [1.82, 2.24) is 0 Å². The molecule has 0 fully saturated rings. The Hall–Kier alpha value is -2.43. The summed E-state index contributed by atoms with van der Waals surface area (Å²) in [6.07, 6.45) is 0. The van der Waals surface area contributed by atoms with Gasteiger partial charge in [0.1, 0.15) is 0 Å². The van der Waals surface area contributed by atoms with Gasteiger partial charge in [0.25, 0.3) is 0 Å². The van der Waals surface area contributed by atoms with Gasteiger partial charge in [0.05, 0.1) is 19.4 Å². The molecule has 0 atom stereocenters. The van der Waals surface area contributed by atoms with Crippen LogP contribution in [0.1, 0.15) is 6.92 Å². The Labute approximate surface area is 116 Å². The van der Waals surface area contributed by atoms with Gasteiger partial charge in [-0.3, -0.25) is 0 Å². The van der Waals surface area contributed by atoms with E-state index in [4.69, 9.17) is 19.9 Å². The summed E-state index contributed by atoms with van der Waals surface area (Å²) in [6, 6.07) is 9.77. The van der Waals surface area contributed by atoms with Crippen molar-refractivity contribution in [2.45, 2.75) is 6.92 Å². The van der Waals surface area contributed by atoms with E-state index in [-0.39, 0.29) is 11.4 Å². The molecule has 0 aliphatic carbocycles. The van der Waals surface area contributed by atoms with Crippen LogP contribution in [0, 0.1) is 5.82 Å². The van der Waals surface area contributed by atoms with Crippen molar-refractivity contribution in [1.29, 1.82) is 0 Å². The molecule has 0 unspecified atom stereocenters. The van der Waals surface area contributed by atoms with Crippen molar-refractivity contribution >= 4 is 5.69 Å². The Balaban J connectivity index is 2.35. The summed E-state index contributed by atoms with van der Waals surface area (Å²) >= 11 is 0. The second-order valence-electron chi connectivity index (χ2n) is 4.01. The minimum absolute atomic E-state index is 0.0723. The fourth-order valence-corrected chi connectivity index (χ4v) is 1.72. The number of para-hydroxylation sites is 2. The van der Waals surface area contributed by atoms with Crippen molar-refractivity contribution in [3.8, 4) is 23.0 Å². The standard InChI is InChI=1S/C15H16FNO3/c1-3-19-12-6-4-5-7-13(12)20-15-9-14(18-2)10(16)8-11(15)17/h4-9H,3,17H2,1-2H3. The molecule has 0 aliphatic rings. The maximum atomic E-state index is 13.5. The van der Waals surface area contributed by atoms with Crippen molar-refractivity contribution in [2.75, 3.05) is 19.5 Å². The van der Waals surface area contributed by atoms with E-state index in [0.29, 0.717) is 23.9 Å². The molecule has 0 amide bonds. The van der Waals surface area contributed by atoms with E-state index in [1.807, 2.05) is 19.1 Å². The third-order valence-corrected chi connectivity index (χ3v) is 2.65. The van der Waals surface area contributed by atoms with E-state index in [1.165, 1.54) is 13.2 Å². The van der Waals surface area contributed by atoms with E-state index < -0.39 is 5.82 Å². The topological polar surface area (TPSA) is 53.7 Å². The highest BCUT2D eigenvalue weighted by atomic mass is 19.1. The number of hydrogen-bond acceptors (Lipinski definition) is 4. The molecule has 20 heavy (non-hydrogen) atoms. The van der Waals surface area contributed by atoms with E-state index in [9.17, 15) is 4.39 Å². The van der Waals surface area contributed by atoms with Gasteiger partial charge in [0.2, 0.25) is 0 Å². The summed E-state index contributed by atoms with van der Waals surface area (Å²) < 4.78 is 29.6. The molecule has 0 saturated carbocycles. The fraction of sp³-hybridized carbons (Fsp3) is 0.200. The fourth-order valence-electron chi connectivity index (χ4n) is 1.72. The van der Waals surface area contributed by atoms with Gasteiger partial charge in [-0.25, -0.2) is 4.39 Å². The van der Waals surface area contributed by atoms with Gasteiger partial charge >= 0.3 is 0 Å². The van der Waals surface area contributed by atoms with Crippen LogP contribution in [0.3, 0.4) is 0 Å². The molecule has 4 nitrogen and oxygen atoms in total. The highest BCUT2D eigenvalue weighted by molar-refractivity contribution is 5.58. The summed E-state index contributed by atoms with van der Waals surface area (Å²) in [4.78, 5) is 0. The molecular weight excluding hydrogens is 261 g/mol. The number of nitrogen functional groups attached to an aromatic ring is 1. The molecule has 0 aromatic heterocycles. The van der Waals surface area contributed by atoms with Crippen LogP contribution in [-0.2, 0) is 0 Å². The Morgan fingerprint density at radius 2 is 1.75 bits per heavy atom. The van der Waals surface area contributed by atoms with Gasteiger partial charge in [0, 0.05) is 12.1 Å². The Morgan fingerprint density at radius 3 is 2.40 bits per heavy atom. The predicted molar refractivity (Wildman–Crippen MR) is 75.0 cm³/mol. The van der Waals surface area contributed by atoms with Crippen LogP contribution in [0.5, 0.6) is 23.0 Å². The lowest BCUT2D eigenvalue weighted by Crippen LogP contribution is -1.98. The van der Waals surface area contributed by atoms with Gasteiger partial charge in [0.15, 0.2) is 28.8 Å². The Bertz CT molecular complexity index is 602. The number of methoxy groups -OCH3 is 1. The highest BCUT2D eigenvalue weighted by Crippen LogP contribution is 2.37. The third kappa shape index (κ3) is 2.93. The Kier molecular flexibility index (Phi) is 4.30. The second-order valence-corrected chi connectivity index (χ2v) is 4.01. The lowest BCUT2D eigenvalue weighted by molar-refractivity contribution is 0.321. The van der Waals surface area contributed by atoms with Crippen LogP contribution >= 0.6 is 0 Å². The molecule has 0 spiro atoms. The summed E-state index contributed by atoms with van der Waals surface area (Å²) in [5.74, 6) is 0.960. The van der Waals surface area contributed by atoms with Crippen molar-refractivity contribution in [3.63, 3.8) is 0 Å². The number of anilines is 1. The largest absolute Gasteiger partial charge is 0.494 e. The van der Waals surface area contributed by atoms with Crippen molar-refractivity contribution < 1.29 is 18.6 Å². The first-order valence-electron chi connectivity index (χ1n) is 6.18. The average molecular weight is 277 g/mol. The molecule has 0 radical (unpaired) electrons. The van der Waals surface area contributed by atoms with E-state index >= 15 is 0 Å². The van der Waals surface area contributed by atoms with Crippen LogP contribution in [-0.4, -0.2) is 13.7 Å². The van der Waals surface area contributed by atoms with Gasteiger partial charge in [-0.15, -0.1) is 0 Å². The van der Waals surface area contributed by atoms with Gasteiger partial charge in [-0.1, -0.05) is 12.1 Å². The summed E-state index contributed by atoms with van der Waals surface area (Å²) in [5, 5.41) is 0. The lowest BCUT2D eigenvalue weighted by atomic mass is 10.2. The lowest BCUT2D eigenvalue weighted by Gasteiger charge is -2.13. The number of hydrogen-bond donors (Lipinski definition) is 1. The average Bonchev–Trinajstić information content (AvgIpc) is 2.44. The zero-order valence-corrected chi connectivity index (χ0v) is 11.4. The predicted octanol–water partition coefficient (Wildman–Crippen LogP) is 3.61. The summed E-state index contributed by atoms with van der Waals surface area (Å²) in [5.41, 5.74) is 5.94. The monoisotopic (exact) mass is 277 g/mol. The SMILES string of the molecule is CCOc1ccccc1Oc1cc(OC)c(F)cc1N. The zero-order chi connectivity index (χ0) is 14.5. The number of halogens is 1. The first-order valence-corrected chi connectivity index (χ1v) is 6.18. The smallest absolute Gasteiger partial charge is 0.169 e. The molecular formula is C15H16FNO3. The molecule has 0 aliphatic heterocycles. The van der Waals surface area contributed by atoms with Crippen LogP contribution in [0.25, 0.3) is 0 Å². The minimum Gasteiger partial charge on any atom is -0.494 e. The molecule has 2 aromatic carbocycles. The maximum Gasteiger partial charge on any atom is 0.169 e. The molecule has 5 heteroatoms. The van der Waals surface area contributed by atoms with Gasteiger partial charge in [-0.05, 0) is 19.1 Å². The van der Waals surface area contributed by atoms with Gasteiger partial charge < -0.3 is 19.9 Å². The van der Waals surface area contributed by atoms with E-state index in [0.717, 1.165) is 6.07 Å². The first kappa shape index (κ1) is 14.0. The third-order valence-electron chi connectivity index (χ3n) is 2.65. The van der Waals surface area contributed by atoms with Gasteiger partial charge in [-0.2, -0.15) is 0 Å². The van der Waals surface area contributed by atoms with E-state index in [2.05, 4.69) is 0 Å². The summed E-state index contributed by atoms with van der Waals surface area (Å²) in [7, 11) is 1.38. The second kappa shape index (κ2) is 6.14. The maximum absolute atomic E-state index is 13.5. The highest BCUT2D eigenvalue weighted by Gasteiger charge is 2.12. The summed E-state index contributed by atoms with van der Waals surface area (Å²) in [6.45, 7) is 2.40.